The molecule has 0 atom stereocenters. The molecular weight excluding hydrogens is 324 g/mol. The molecule has 0 bridgehead atoms. The first-order valence-electron chi connectivity index (χ1n) is 9.88. The molecule has 1 spiro atoms. The summed E-state index contributed by atoms with van der Waals surface area (Å²) >= 11 is 0. The smallest absolute Gasteiger partial charge is 0.168 e. The average Bonchev–Trinajstić information content (AvgIpc) is 3.17. The van der Waals surface area contributed by atoms with Crippen molar-refractivity contribution in [1.82, 2.24) is 0 Å². The monoisotopic (exact) mass is 354 g/mol. The van der Waals surface area contributed by atoms with Crippen LogP contribution in [0.1, 0.15) is 56.6 Å². The Hall–Kier alpha value is -1.84. The van der Waals surface area contributed by atoms with Crippen molar-refractivity contribution in [3.8, 4) is 5.75 Å². The average molecular weight is 354 g/mol. The minimum Gasteiger partial charge on any atom is -0.489 e. The molecule has 0 radical (unpaired) electrons. The molecule has 0 N–H and O–H groups in total. The topological polar surface area (TPSA) is 27.7 Å². The van der Waals surface area contributed by atoms with E-state index in [1.807, 2.05) is 38.1 Å². The van der Waals surface area contributed by atoms with E-state index < -0.39 is 0 Å². The Labute approximate surface area is 157 Å². The summed E-state index contributed by atoms with van der Waals surface area (Å²) in [6.45, 7) is 6.10. The van der Waals surface area contributed by atoms with Crippen LogP contribution in [0.5, 0.6) is 5.75 Å². The third kappa shape index (κ3) is 4.66. The summed E-state index contributed by atoms with van der Waals surface area (Å²) in [4.78, 5) is 0. The highest BCUT2D eigenvalue weighted by atomic mass is 16.7. The fourth-order valence-electron chi connectivity index (χ4n) is 3.78. The molecule has 0 aromatic heterocycles. The molecule has 1 heterocycles. The Kier molecular flexibility index (Phi) is 6.70. The SMILES string of the molecule is CC.c1ccc(COc2cccc(C3CCC4(CC3)OCCO4)c2)cc1. The summed E-state index contributed by atoms with van der Waals surface area (Å²) in [7, 11) is 0. The van der Waals surface area contributed by atoms with Crippen LogP contribution < -0.4 is 4.74 Å². The van der Waals surface area contributed by atoms with Crippen LogP contribution in [0, 0.1) is 0 Å². The van der Waals surface area contributed by atoms with E-state index >= 15 is 0 Å². The van der Waals surface area contributed by atoms with Gasteiger partial charge in [-0.3, -0.25) is 0 Å². The highest BCUT2D eigenvalue weighted by Gasteiger charge is 2.40. The zero-order chi connectivity index (χ0) is 18.2. The third-order valence-corrected chi connectivity index (χ3v) is 5.14. The fourth-order valence-corrected chi connectivity index (χ4v) is 3.78. The number of hydrogen-bond donors (Lipinski definition) is 0. The summed E-state index contributed by atoms with van der Waals surface area (Å²) in [6.07, 6.45) is 4.21. The molecule has 1 saturated carbocycles. The lowest BCUT2D eigenvalue weighted by molar-refractivity contribution is -0.178. The molecule has 4 rings (SSSR count). The Morgan fingerprint density at radius 1 is 0.923 bits per heavy atom. The van der Waals surface area contributed by atoms with Gasteiger partial charge in [-0.05, 0) is 42.0 Å². The highest BCUT2D eigenvalue weighted by molar-refractivity contribution is 5.31. The van der Waals surface area contributed by atoms with E-state index in [1.54, 1.807) is 0 Å². The first kappa shape index (κ1) is 18.9. The highest BCUT2D eigenvalue weighted by Crippen LogP contribution is 2.42. The van der Waals surface area contributed by atoms with Crippen molar-refractivity contribution in [3.05, 3.63) is 65.7 Å². The van der Waals surface area contributed by atoms with Gasteiger partial charge in [-0.2, -0.15) is 0 Å². The van der Waals surface area contributed by atoms with Gasteiger partial charge in [0.15, 0.2) is 5.79 Å². The molecule has 140 valence electrons. The standard InChI is InChI=1S/C21H24O3.C2H6/c1-2-5-17(6-3-1)16-22-20-8-4-7-19(15-20)18-9-11-21(12-10-18)23-13-14-24-21;1-2/h1-8,15,18H,9-14,16H2;1-2H3. The number of benzene rings is 2. The van der Waals surface area contributed by atoms with E-state index in [4.69, 9.17) is 14.2 Å². The summed E-state index contributed by atoms with van der Waals surface area (Å²) < 4.78 is 17.6. The van der Waals surface area contributed by atoms with Crippen LogP contribution in [0.4, 0.5) is 0 Å². The van der Waals surface area contributed by atoms with Crippen LogP contribution in [0.3, 0.4) is 0 Å². The molecule has 1 saturated heterocycles. The molecule has 2 fully saturated rings. The van der Waals surface area contributed by atoms with Gasteiger partial charge in [0.1, 0.15) is 12.4 Å². The van der Waals surface area contributed by atoms with E-state index in [9.17, 15) is 0 Å². The molecule has 2 aromatic carbocycles. The van der Waals surface area contributed by atoms with Gasteiger partial charge in [0, 0.05) is 12.8 Å². The maximum Gasteiger partial charge on any atom is 0.168 e. The van der Waals surface area contributed by atoms with Gasteiger partial charge >= 0.3 is 0 Å². The van der Waals surface area contributed by atoms with Crippen LogP contribution in [0.15, 0.2) is 54.6 Å². The number of ether oxygens (including phenoxy) is 3. The Morgan fingerprint density at radius 2 is 1.62 bits per heavy atom. The van der Waals surface area contributed by atoms with Crippen LogP contribution >= 0.6 is 0 Å². The van der Waals surface area contributed by atoms with Gasteiger partial charge in [-0.1, -0.05) is 56.3 Å². The van der Waals surface area contributed by atoms with E-state index in [1.165, 1.54) is 11.1 Å². The summed E-state index contributed by atoms with van der Waals surface area (Å²) in [6, 6.07) is 18.8. The van der Waals surface area contributed by atoms with Crippen molar-refractivity contribution in [2.24, 2.45) is 0 Å². The predicted octanol–water partition coefficient (Wildman–Crippen LogP) is 5.69. The maximum absolute atomic E-state index is 5.97. The van der Waals surface area contributed by atoms with Crippen LogP contribution in [-0.4, -0.2) is 19.0 Å². The Balaban J connectivity index is 0.000000948. The number of rotatable bonds is 4. The molecule has 0 amide bonds. The molecule has 3 heteroatoms. The van der Waals surface area contributed by atoms with Gasteiger partial charge < -0.3 is 14.2 Å². The van der Waals surface area contributed by atoms with Crippen LogP contribution in [0.2, 0.25) is 0 Å². The second kappa shape index (κ2) is 9.20. The van der Waals surface area contributed by atoms with Crippen LogP contribution in [-0.2, 0) is 16.1 Å². The minimum atomic E-state index is -0.280. The summed E-state index contributed by atoms with van der Waals surface area (Å²) in [5, 5.41) is 0. The van der Waals surface area contributed by atoms with Crippen molar-refractivity contribution < 1.29 is 14.2 Å². The second-order valence-electron chi connectivity index (χ2n) is 6.73. The van der Waals surface area contributed by atoms with Crippen molar-refractivity contribution in [3.63, 3.8) is 0 Å². The van der Waals surface area contributed by atoms with Crippen molar-refractivity contribution in [1.29, 1.82) is 0 Å². The van der Waals surface area contributed by atoms with E-state index in [0.29, 0.717) is 12.5 Å². The first-order chi connectivity index (χ1) is 12.8. The zero-order valence-corrected chi connectivity index (χ0v) is 15.9. The van der Waals surface area contributed by atoms with E-state index in [0.717, 1.165) is 44.6 Å². The number of hydrogen-bond acceptors (Lipinski definition) is 3. The second-order valence-corrected chi connectivity index (χ2v) is 6.73. The van der Waals surface area contributed by atoms with E-state index in [-0.39, 0.29) is 5.79 Å². The van der Waals surface area contributed by atoms with Gasteiger partial charge in [0.2, 0.25) is 0 Å². The van der Waals surface area contributed by atoms with Crippen molar-refractivity contribution in [2.45, 2.75) is 57.8 Å². The fraction of sp³-hybridized carbons (Fsp3) is 0.478. The van der Waals surface area contributed by atoms with Gasteiger partial charge in [0.05, 0.1) is 13.2 Å². The molecule has 3 nitrogen and oxygen atoms in total. The van der Waals surface area contributed by atoms with E-state index in [2.05, 4.69) is 30.3 Å². The molecule has 1 aliphatic heterocycles. The molecule has 2 aliphatic rings. The van der Waals surface area contributed by atoms with Gasteiger partial charge in [-0.15, -0.1) is 0 Å². The molecular formula is C23H30O3. The van der Waals surface area contributed by atoms with Crippen LogP contribution in [0.25, 0.3) is 0 Å². The lowest BCUT2D eigenvalue weighted by atomic mass is 9.81. The normalized spacial score (nSPS) is 19.0. The summed E-state index contributed by atoms with van der Waals surface area (Å²) in [5.41, 5.74) is 2.56. The quantitative estimate of drug-likeness (QED) is 0.705. The lowest BCUT2D eigenvalue weighted by Crippen LogP contribution is -2.34. The first-order valence-corrected chi connectivity index (χ1v) is 9.88. The molecule has 0 unspecified atom stereocenters. The van der Waals surface area contributed by atoms with Crippen molar-refractivity contribution in [2.75, 3.05) is 13.2 Å². The summed E-state index contributed by atoms with van der Waals surface area (Å²) in [5.74, 6) is 1.24. The molecule has 2 aromatic rings. The lowest BCUT2D eigenvalue weighted by Gasteiger charge is -2.35. The third-order valence-electron chi connectivity index (χ3n) is 5.14. The Morgan fingerprint density at radius 3 is 2.31 bits per heavy atom. The van der Waals surface area contributed by atoms with Crippen molar-refractivity contribution >= 4 is 0 Å². The Bertz CT molecular complexity index is 652. The predicted molar refractivity (Wildman–Crippen MR) is 104 cm³/mol. The largest absolute Gasteiger partial charge is 0.489 e. The van der Waals surface area contributed by atoms with Gasteiger partial charge in [-0.25, -0.2) is 0 Å². The van der Waals surface area contributed by atoms with Gasteiger partial charge in [0.25, 0.3) is 0 Å². The maximum atomic E-state index is 5.97. The molecule has 1 aliphatic carbocycles. The minimum absolute atomic E-state index is 0.280. The zero-order valence-electron chi connectivity index (χ0n) is 15.9. The molecule has 26 heavy (non-hydrogen) atoms.